The maximum atomic E-state index is 4.22. The Hall–Kier alpha value is -2.54. The molecule has 7 heteroatoms. The van der Waals surface area contributed by atoms with Gasteiger partial charge in [-0.3, -0.25) is 10.1 Å². The molecule has 0 spiro atoms. The van der Waals surface area contributed by atoms with Crippen LogP contribution in [0.4, 0.5) is 0 Å². The highest BCUT2D eigenvalue weighted by molar-refractivity contribution is 5.61. The fourth-order valence-electron chi connectivity index (χ4n) is 3.09. The topological polar surface area (TPSA) is 84.3 Å². The van der Waals surface area contributed by atoms with Gasteiger partial charge < -0.3 is 9.88 Å². The van der Waals surface area contributed by atoms with Gasteiger partial charge in [-0.2, -0.15) is 5.10 Å². The number of nitrogens with zero attached hydrogens (tertiary/aromatic N) is 5. The molecule has 23 heavy (non-hydrogen) atoms. The van der Waals surface area contributed by atoms with Crippen LogP contribution in [0, 0.1) is 6.92 Å². The Morgan fingerprint density at radius 3 is 3.17 bits per heavy atom. The summed E-state index contributed by atoms with van der Waals surface area (Å²) in [7, 11) is 0. The monoisotopic (exact) mass is 309 g/mol. The van der Waals surface area contributed by atoms with Crippen LogP contribution in [-0.4, -0.2) is 36.0 Å². The number of hydrogen-bond acceptors (Lipinski definition) is 5. The van der Waals surface area contributed by atoms with Crippen molar-refractivity contribution in [2.75, 3.05) is 0 Å². The first-order valence-corrected chi connectivity index (χ1v) is 7.86. The lowest BCUT2D eigenvalue weighted by Crippen LogP contribution is -2.37. The van der Waals surface area contributed by atoms with Crippen molar-refractivity contribution in [3.8, 4) is 11.3 Å². The zero-order chi connectivity index (χ0) is 15.6. The normalized spacial score (nSPS) is 17.2. The fourth-order valence-corrected chi connectivity index (χ4v) is 3.09. The highest BCUT2D eigenvalue weighted by Crippen LogP contribution is 2.20. The second-order valence-corrected chi connectivity index (χ2v) is 5.90. The van der Waals surface area contributed by atoms with Crippen molar-refractivity contribution < 1.29 is 0 Å². The first-order chi connectivity index (χ1) is 11.3. The second kappa shape index (κ2) is 5.92. The summed E-state index contributed by atoms with van der Waals surface area (Å²) in [4.78, 5) is 4.18. The largest absolute Gasteiger partial charge is 0.314 e. The minimum absolute atomic E-state index is 0.425. The predicted molar refractivity (Wildman–Crippen MR) is 85.5 cm³/mol. The molecular weight excluding hydrogens is 290 g/mol. The molecule has 0 amide bonds. The molecular formula is C16H19N7. The first kappa shape index (κ1) is 14.1. The molecule has 3 aromatic rings. The van der Waals surface area contributed by atoms with Gasteiger partial charge in [-0.25, -0.2) is 0 Å². The highest BCUT2D eigenvalue weighted by Gasteiger charge is 2.21. The zero-order valence-electron chi connectivity index (χ0n) is 13.0. The van der Waals surface area contributed by atoms with Gasteiger partial charge in [0.15, 0.2) is 0 Å². The summed E-state index contributed by atoms with van der Waals surface area (Å²) in [5, 5.41) is 19.3. The van der Waals surface area contributed by atoms with Crippen LogP contribution in [0.1, 0.15) is 23.6 Å². The van der Waals surface area contributed by atoms with Gasteiger partial charge in [-0.15, -0.1) is 10.2 Å². The van der Waals surface area contributed by atoms with E-state index in [9.17, 15) is 0 Å². The van der Waals surface area contributed by atoms with Gasteiger partial charge in [0.2, 0.25) is 0 Å². The van der Waals surface area contributed by atoms with Crippen molar-refractivity contribution in [3.05, 3.63) is 47.9 Å². The molecule has 0 aromatic carbocycles. The van der Waals surface area contributed by atoms with Gasteiger partial charge >= 0.3 is 0 Å². The van der Waals surface area contributed by atoms with Crippen molar-refractivity contribution in [2.45, 2.75) is 38.9 Å². The molecule has 2 N–H and O–H groups in total. The molecule has 1 unspecified atom stereocenters. The van der Waals surface area contributed by atoms with E-state index < -0.39 is 0 Å². The third kappa shape index (κ3) is 2.75. The quantitative estimate of drug-likeness (QED) is 0.762. The lowest BCUT2D eigenvalue weighted by atomic mass is 10.1. The molecule has 1 aliphatic rings. The van der Waals surface area contributed by atoms with Crippen LogP contribution in [-0.2, 0) is 19.5 Å². The maximum Gasteiger partial charge on any atom is 0.133 e. The average molecular weight is 309 g/mol. The van der Waals surface area contributed by atoms with E-state index in [1.807, 2.05) is 31.5 Å². The molecule has 0 fully saturated rings. The van der Waals surface area contributed by atoms with Crippen LogP contribution in [0.2, 0.25) is 0 Å². The summed E-state index contributed by atoms with van der Waals surface area (Å²) in [6.45, 7) is 3.71. The number of aromatic amines is 1. The lowest BCUT2D eigenvalue weighted by molar-refractivity contribution is 0.375. The van der Waals surface area contributed by atoms with Gasteiger partial charge in [-0.1, -0.05) is 0 Å². The van der Waals surface area contributed by atoms with Crippen LogP contribution in [0.5, 0.6) is 0 Å². The van der Waals surface area contributed by atoms with Gasteiger partial charge in [0, 0.05) is 49.1 Å². The summed E-state index contributed by atoms with van der Waals surface area (Å²) in [6, 6.07) is 4.40. The average Bonchev–Trinajstić information content (AvgIpc) is 3.21. The van der Waals surface area contributed by atoms with E-state index in [-0.39, 0.29) is 0 Å². The molecule has 3 aromatic heterocycles. The summed E-state index contributed by atoms with van der Waals surface area (Å²) in [5.41, 5.74) is 3.24. The number of nitrogens with one attached hydrogen (secondary N) is 2. The smallest absolute Gasteiger partial charge is 0.133 e. The minimum atomic E-state index is 0.425. The predicted octanol–water partition coefficient (Wildman–Crippen LogP) is 1.48. The molecule has 4 rings (SSSR count). The zero-order valence-corrected chi connectivity index (χ0v) is 13.0. The van der Waals surface area contributed by atoms with Gasteiger partial charge in [0.25, 0.3) is 0 Å². The van der Waals surface area contributed by atoms with Gasteiger partial charge in [-0.05, 0) is 25.5 Å². The highest BCUT2D eigenvalue weighted by atomic mass is 15.3. The standard InChI is InChI=1S/C16H19N7/c1-11-20-21-15-5-4-14(10-23(11)15)18-8-13-9-19-22-16(13)12-3-2-6-17-7-12/h2-3,6-7,9,14,18H,4-5,8,10H2,1H3,(H,19,22). The number of H-pyrrole nitrogens is 1. The molecule has 7 nitrogen and oxygen atoms in total. The number of aryl methyl sites for hydroxylation is 2. The molecule has 1 atom stereocenters. The molecule has 0 radical (unpaired) electrons. The number of rotatable bonds is 4. The Bertz CT molecular complexity index is 790. The van der Waals surface area contributed by atoms with E-state index in [2.05, 4.69) is 35.3 Å². The molecule has 0 saturated heterocycles. The lowest BCUT2D eigenvalue weighted by Gasteiger charge is -2.25. The summed E-state index contributed by atoms with van der Waals surface area (Å²) in [5.74, 6) is 2.09. The van der Waals surface area contributed by atoms with Crippen molar-refractivity contribution in [3.63, 3.8) is 0 Å². The fraction of sp³-hybridized carbons (Fsp3) is 0.375. The van der Waals surface area contributed by atoms with Crippen LogP contribution in [0.3, 0.4) is 0 Å². The van der Waals surface area contributed by atoms with Crippen LogP contribution in [0.15, 0.2) is 30.7 Å². The third-order valence-electron chi connectivity index (χ3n) is 4.38. The number of pyridine rings is 1. The van der Waals surface area contributed by atoms with E-state index in [1.54, 1.807) is 6.20 Å². The summed E-state index contributed by atoms with van der Waals surface area (Å²) >= 11 is 0. The van der Waals surface area contributed by atoms with Gasteiger partial charge in [0.1, 0.15) is 11.6 Å². The minimum Gasteiger partial charge on any atom is -0.314 e. The molecule has 0 aliphatic carbocycles. The van der Waals surface area contributed by atoms with Crippen LogP contribution in [0.25, 0.3) is 11.3 Å². The Morgan fingerprint density at radius 1 is 1.35 bits per heavy atom. The Balaban J connectivity index is 1.45. The Labute approximate surface area is 134 Å². The first-order valence-electron chi connectivity index (χ1n) is 7.86. The van der Waals surface area contributed by atoms with Crippen molar-refractivity contribution >= 4 is 0 Å². The maximum absolute atomic E-state index is 4.22. The number of fused-ring (bicyclic) bond motifs is 1. The molecule has 0 bridgehead atoms. The molecule has 118 valence electrons. The molecule has 1 aliphatic heterocycles. The van der Waals surface area contributed by atoms with Crippen molar-refractivity contribution in [2.24, 2.45) is 0 Å². The SMILES string of the molecule is Cc1nnc2n1CC(NCc1cn[nH]c1-c1cccnc1)CC2. The molecule has 0 saturated carbocycles. The van der Waals surface area contributed by atoms with Crippen molar-refractivity contribution in [1.29, 1.82) is 0 Å². The number of aromatic nitrogens is 6. The van der Waals surface area contributed by atoms with E-state index >= 15 is 0 Å². The van der Waals surface area contributed by atoms with E-state index in [4.69, 9.17) is 0 Å². The van der Waals surface area contributed by atoms with E-state index in [1.165, 1.54) is 0 Å². The summed E-state index contributed by atoms with van der Waals surface area (Å²) < 4.78 is 2.21. The molecule has 4 heterocycles. The Morgan fingerprint density at radius 2 is 2.30 bits per heavy atom. The van der Waals surface area contributed by atoms with E-state index in [0.29, 0.717) is 6.04 Å². The van der Waals surface area contributed by atoms with Gasteiger partial charge in [0.05, 0.1) is 11.9 Å². The second-order valence-electron chi connectivity index (χ2n) is 5.90. The van der Waals surface area contributed by atoms with Crippen LogP contribution < -0.4 is 5.32 Å². The van der Waals surface area contributed by atoms with Crippen molar-refractivity contribution in [1.82, 2.24) is 35.3 Å². The van der Waals surface area contributed by atoms with Crippen LogP contribution >= 0.6 is 0 Å². The Kier molecular flexibility index (Phi) is 3.63. The van der Waals surface area contributed by atoms with E-state index in [0.717, 1.165) is 54.4 Å². The third-order valence-corrected chi connectivity index (χ3v) is 4.38. The summed E-state index contributed by atoms with van der Waals surface area (Å²) in [6.07, 6.45) is 7.56. The number of hydrogen-bond donors (Lipinski definition) is 2.